The number of hydrogen-bond acceptors (Lipinski definition) is 5. The van der Waals surface area contributed by atoms with Crippen LogP contribution in [0.25, 0.3) is 0 Å². The fourth-order valence-corrected chi connectivity index (χ4v) is 4.67. The van der Waals surface area contributed by atoms with Gasteiger partial charge in [0.05, 0.1) is 6.04 Å². The minimum atomic E-state index is -0.545. The minimum absolute atomic E-state index is 0.0564. The van der Waals surface area contributed by atoms with Crippen LogP contribution >= 0.6 is 11.3 Å². The Kier molecular flexibility index (Phi) is 12.4. The van der Waals surface area contributed by atoms with E-state index in [9.17, 15) is 14.0 Å². The van der Waals surface area contributed by atoms with Crippen LogP contribution in [0, 0.1) is 11.7 Å². The standard InChI is InChI=1S/C20H20FNO3S.3C2H6/c1-12(23)25-18-10-14-8-9-22(11-17(14)26-18)19(20(24)13-6-7-13)15-4-2-3-5-16(15)21;3*1-2/h2-5,10,13,19H,6-9,11H2,1H3;3*1-2H3. The first kappa shape index (κ1) is 28.0. The summed E-state index contributed by atoms with van der Waals surface area (Å²) in [5, 5.41) is 0.584. The van der Waals surface area contributed by atoms with E-state index in [1.54, 1.807) is 18.2 Å². The fourth-order valence-electron chi connectivity index (χ4n) is 3.54. The van der Waals surface area contributed by atoms with Gasteiger partial charge in [0.1, 0.15) is 5.82 Å². The van der Waals surface area contributed by atoms with Crippen LogP contribution in [0.2, 0.25) is 0 Å². The number of hydrogen-bond donors (Lipinski definition) is 0. The molecule has 1 aliphatic heterocycles. The van der Waals surface area contributed by atoms with Crippen molar-refractivity contribution in [3.8, 4) is 5.06 Å². The van der Waals surface area contributed by atoms with Gasteiger partial charge in [0.2, 0.25) is 0 Å². The summed E-state index contributed by atoms with van der Waals surface area (Å²) in [6, 6.07) is 7.92. The highest BCUT2D eigenvalue weighted by Gasteiger charge is 2.40. The van der Waals surface area contributed by atoms with Crippen LogP contribution < -0.4 is 4.74 Å². The number of carbonyl (C=O) groups excluding carboxylic acids is 2. The van der Waals surface area contributed by atoms with Crippen molar-refractivity contribution in [1.29, 1.82) is 0 Å². The molecule has 4 nitrogen and oxygen atoms in total. The van der Waals surface area contributed by atoms with Crippen molar-refractivity contribution in [2.24, 2.45) is 5.92 Å². The first-order valence-corrected chi connectivity index (χ1v) is 12.7. The molecule has 1 aromatic carbocycles. The summed E-state index contributed by atoms with van der Waals surface area (Å²) >= 11 is 1.43. The maximum Gasteiger partial charge on any atom is 0.308 e. The number of benzene rings is 1. The fraction of sp³-hybridized carbons (Fsp3) is 0.538. The third-order valence-electron chi connectivity index (χ3n) is 4.95. The zero-order chi connectivity index (χ0) is 24.3. The summed E-state index contributed by atoms with van der Waals surface area (Å²) in [5.74, 6) is -0.492. The Labute approximate surface area is 196 Å². The van der Waals surface area contributed by atoms with Gasteiger partial charge in [0.15, 0.2) is 10.8 Å². The largest absolute Gasteiger partial charge is 0.416 e. The molecule has 1 saturated carbocycles. The predicted molar refractivity (Wildman–Crippen MR) is 131 cm³/mol. The van der Waals surface area contributed by atoms with Crippen molar-refractivity contribution in [2.75, 3.05) is 6.54 Å². The van der Waals surface area contributed by atoms with Crippen molar-refractivity contribution in [2.45, 2.75) is 80.3 Å². The lowest BCUT2D eigenvalue weighted by atomic mass is 9.95. The lowest BCUT2D eigenvalue weighted by Gasteiger charge is -2.34. The lowest BCUT2D eigenvalue weighted by molar-refractivity contribution is -0.131. The van der Waals surface area contributed by atoms with E-state index in [1.165, 1.54) is 24.3 Å². The Morgan fingerprint density at radius 1 is 1.09 bits per heavy atom. The quantitative estimate of drug-likeness (QED) is 0.449. The monoisotopic (exact) mass is 463 g/mol. The summed E-state index contributed by atoms with van der Waals surface area (Å²) in [5.41, 5.74) is 1.61. The molecule has 2 aliphatic rings. The van der Waals surface area contributed by atoms with Crippen molar-refractivity contribution in [3.05, 3.63) is 52.2 Å². The molecule has 0 bridgehead atoms. The summed E-state index contributed by atoms with van der Waals surface area (Å²) in [4.78, 5) is 27.3. The second-order valence-electron chi connectivity index (χ2n) is 6.93. The van der Waals surface area contributed by atoms with Gasteiger partial charge in [-0.1, -0.05) is 59.7 Å². The van der Waals surface area contributed by atoms with Gasteiger partial charge in [-0.05, 0) is 37.0 Å². The van der Waals surface area contributed by atoms with E-state index in [-0.39, 0.29) is 23.5 Å². The van der Waals surface area contributed by atoms with Gasteiger partial charge in [-0.3, -0.25) is 14.5 Å². The number of fused-ring (bicyclic) bond motifs is 1. The normalized spacial score (nSPS) is 15.4. The molecule has 4 rings (SSSR count). The van der Waals surface area contributed by atoms with Crippen LogP contribution in [0.15, 0.2) is 30.3 Å². The Balaban J connectivity index is 0.000000789. The zero-order valence-electron chi connectivity index (χ0n) is 20.5. The predicted octanol–water partition coefficient (Wildman–Crippen LogP) is 6.97. The number of nitrogens with zero attached hydrogens (tertiary/aromatic N) is 1. The number of ketones is 1. The smallest absolute Gasteiger partial charge is 0.308 e. The highest BCUT2D eigenvalue weighted by molar-refractivity contribution is 7.14. The van der Waals surface area contributed by atoms with Crippen molar-refractivity contribution in [1.82, 2.24) is 4.90 Å². The maximum absolute atomic E-state index is 14.4. The van der Waals surface area contributed by atoms with Crippen molar-refractivity contribution < 1.29 is 18.7 Å². The van der Waals surface area contributed by atoms with Gasteiger partial charge in [-0.25, -0.2) is 4.39 Å². The number of carbonyl (C=O) groups is 2. The number of ether oxygens (including phenoxy) is 1. The van der Waals surface area contributed by atoms with Crippen LogP contribution in [-0.4, -0.2) is 23.2 Å². The molecule has 2 heterocycles. The van der Waals surface area contributed by atoms with E-state index >= 15 is 0 Å². The first-order chi connectivity index (χ1) is 15.5. The van der Waals surface area contributed by atoms with E-state index in [4.69, 9.17) is 4.74 Å². The van der Waals surface area contributed by atoms with Crippen LogP contribution in [0.4, 0.5) is 4.39 Å². The molecule has 178 valence electrons. The highest BCUT2D eigenvalue weighted by atomic mass is 32.1. The van der Waals surface area contributed by atoms with Gasteiger partial charge in [0.25, 0.3) is 0 Å². The number of Topliss-reactive ketones (excluding diaryl/α,β-unsaturated/α-hetero) is 1. The molecule has 1 atom stereocenters. The van der Waals surface area contributed by atoms with Crippen LogP contribution in [0.3, 0.4) is 0 Å². The number of rotatable bonds is 5. The van der Waals surface area contributed by atoms with Gasteiger partial charge >= 0.3 is 5.97 Å². The molecular weight excluding hydrogens is 425 g/mol. The lowest BCUT2D eigenvalue weighted by Crippen LogP contribution is -2.38. The molecule has 1 unspecified atom stereocenters. The van der Waals surface area contributed by atoms with Gasteiger partial charge in [-0.2, -0.15) is 0 Å². The minimum Gasteiger partial charge on any atom is -0.416 e. The van der Waals surface area contributed by atoms with Crippen molar-refractivity contribution >= 4 is 23.1 Å². The molecule has 0 saturated heterocycles. The van der Waals surface area contributed by atoms with E-state index in [0.717, 1.165) is 29.7 Å². The van der Waals surface area contributed by atoms with Gasteiger partial charge in [-0.15, -0.1) is 11.3 Å². The number of esters is 1. The van der Waals surface area contributed by atoms with Crippen LogP contribution in [-0.2, 0) is 22.6 Å². The highest BCUT2D eigenvalue weighted by Crippen LogP contribution is 2.41. The Morgan fingerprint density at radius 2 is 1.72 bits per heavy atom. The number of halogens is 1. The average molecular weight is 464 g/mol. The average Bonchev–Trinajstić information content (AvgIpc) is 3.59. The molecular formula is C26H38FNO3S. The summed E-state index contributed by atoms with van der Waals surface area (Å²) in [6.45, 7) is 14.6. The Bertz CT molecular complexity index is 861. The van der Waals surface area contributed by atoms with E-state index < -0.39 is 6.04 Å². The Morgan fingerprint density at radius 3 is 2.28 bits per heavy atom. The molecule has 6 heteroatoms. The van der Waals surface area contributed by atoms with Crippen LogP contribution in [0.5, 0.6) is 5.06 Å². The first-order valence-electron chi connectivity index (χ1n) is 11.8. The molecule has 0 N–H and O–H groups in total. The van der Waals surface area contributed by atoms with E-state index in [2.05, 4.69) is 4.90 Å². The summed E-state index contributed by atoms with van der Waals surface area (Å²) in [6.07, 6.45) is 2.56. The third kappa shape index (κ3) is 7.24. The molecule has 2 aromatic rings. The molecule has 32 heavy (non-hydrogen) atoms. The third-order valence-corrected chi connectivity index (χ3v) is 5.99. The van der Waals surface area contributed by atoms with E-state index in [1.807, 2.05) is 47.6 Å². The summed E-state index contributed by atoms with van der Waals surface area (Å²) < 4.78 is 19.6. The summed E-state index contributed by atoms with van der Waals surface area (Å²) in [7, 11) is 0. The molecule has 1 aromatic heterocycles. The van der Waals surface area contributed by atoms with Gasteiger partial charge in [0, 0.05) is 36.4 Å². The Hall–Kier alpha value is -2.05. The topological polar surface area (TPSA) is 46.6 Å². The molecule has 0 spiro atoms. The second kappa shape index (κ2) is 14.2. The molecule has 0 radical (unpaired) electrons. The molecule has 1 aliphatic carbocycles. The SMILES string of the molecule is CC.CC.CC.CC(=O)Oc1cc2c(s1)CN(C(C(=O)C1CC1)c1ccccc1F)CC2. The maximum atomic E-state index is 14.4. The number of thiophene rings is 1. The molecule has 0 amide bonds. The van der Waals surface area contributed by atoms with Crippen molar-refractivity contribution in [3.63, 3.8) is 0 Å². The van der Waals surface area contributed by atoms with E-state index in [0.29, 0.717) is 23.7 Å². The van der Waals surface area contributed by atoms with Crippen LogP contribution in [0.1, 0.15) is 83.4 Å². The van der Waals surface area contributed by atoms with Gasteiger partial charge < -0.3 is 4.74 Å². The zero-order valence-corrected chi connectivity index (χ0v) is 21.4. The second-order valence-corrected chi connectivity index (χ2v) is 8.03. The molecule has 1 fully saturated rings.